The van der Waals surface area contributed by atoms with Crippen LogP contribution in [0.4, 0.5) is 4.79 Å². The van der Waals surface area contributed by atoms with Gasteiger partial charge in [-0.1, -0.05) is 0 Å². The second-order valence-corrected chi connectivity index (χ2v) is 6.16. The number of rotatable bonds is 2. The monoisotopic (exact) mass is 245 g/mol. The fourth-order valence-electron chi connectivity index (χ4n) is 1.54. The molecule has 0 saturated carbocycles. The average molecular weight is 245 g/mol. The summed E-state index contributed by atoms with van der Waals surface area (Å²) in [6, 6.07) is 0. The van der Waals surface area contributed by atoms with Crippen LogP contribution in [0, 0.1) is 0 Å². The van der Waals surface area contributed by atoms with Gasteiger partial charge in [0, 0.05) is 5.75 Å². The summed E-state index contributed by atoms with van der Waals surface area (Å²) >= 11 is 1.68. The van der Waals surface area contributed by atoms with Crippen molar-refractivity contribution < 1.29 is 14.3 Å². The number of carbonyl (C=O) groups is 2. The fourth-order valence-corrected chi connectivity index (χ4v) is 2.69. The summed E-state index contributed by atoms with van der Waals surface area (Å²) in [5, 5.41) is 2.69. The van der Waals surface area contributed by atoms with E-state index < -0.39 is 17.2 Å². The van der Waals surface area contributed by atoms with Gasteiger partial charge < -0.3 is 14.8 Å². The molecule has 0 radical (unpaired) electrons. The van der Waals surface area contributed by atoms with Crippen LogP contribution in [0.3, 0.4) is 0 Å². The highest BCUT2D eigenvalue weighted by atomic mass is 32.2. The van der Waals surface area contributed by atoms with E-state index in [0.29, 0.717) is 12.2 Å². The van der Waals surface area contributed by atoms with E-state index in [1.54, 1.807) is 32.5 Å². The third-order valence-electron chi connectivity index (χ3n) is 2.25. The van der Waals surface area contributed by atoms with Gasteiger partial charge in [0.1, 0.15) is 17.4 Å². The van der Waals surface area contributed by atoms with Gasteiger partial charge in [-0.2, -0.15) is 11.8 Å². The Morgan fingerprint density at radius 3 is 2.62 bits per heavy atom. The molecule has 1 aliphatic rings. The van der Waals surface area contributed by atoms with E-state index in [9.17, 15) is 9.59 Å². The van der Waals surface area contributed by atoms with E-state index in [2.05, 4.69) is 5.32 Å². The second kappa shape index (κ2) is 5.08. The Morgan fingerprint density at radius 1 is 1.50 bits per heavy atom. The van der Waals surface area contributed by atoms with Gasteiger partial charge in [-0.05, 0) is 39.4 Å². The zero-order valence-corrected chi connectivity index (χ0v) is 10.9. The number of amides is 1. The first-order valence-electron chi connectivity index (χ1n) is 5.42. The highest BCUT2D eigenvalue weighted by Gasteiger charge is 2.35. The minimum atomic E-state index is -0.731. The van der Waals surface area contributed by atoms with E-state index in [1.165, 1.54) is 0 Å². The van der Waals surface area contributed by atoms with Gasteiger partial charge in [-0.3, -0.25) is 0 Å². The smallest absolute Gasteiger partial charge is 0.408 e. The molecule has 0 bridgehead atoms. The number of hydrogen-bond acceptors (Lipinski definition) is 4. The average Bonchev–Trinajstić information content (AvgIpc) is 2.16. The molecule has 0 spiro atoms. The third-order valence-corrected chi connectivity index (χ3v) is 3.54. The van der Waals surface area contributed by atoms with Crippen LogP contribution in [0.1, 0.15) is 33.6 Å². The lowest BCUT2D eigenvalue weighted by Crippen LogP contribution is -2.54. The molecule has 0 aromatic carbocycles. The van der Waals surface area contributed by atoms with E-state index in [0.717, 1.165) is 18.5 Å². The Labute approximate surface area is 100 Å². The largest absolute Gasteiger partial charge is 0.444 e. The van der Waals surface area contributed by atoms with Crippen molar-refractivity contribution in [3.05, 3.63) is 0 Å². The Hall–Kier alpha value is -0.710. The van der Waals surface area contributed by atoms with Gasteiger partial charge in [0.05, 0.1) is 0 Å². The van der Waals surface area contributed by atoms with Crippen LogP contribution in [0.5, 0.6) is 0 Å². The molecular formula is C11H19NO3S. The van der Waals surface area contributed by atoms with E-state index >= 15 is 0 Å². The summed E-state index contributed by atoms with van der Waals surface area (Å²) in [4.78, 5) is 22.7. The van der Waals surface area contributed by atoms with Gasteiger partial charge in [0.25, 0.3) is 0 Å². The SMILES string of the molecule is CC(C)(C)OC(=O)NC1(C=O)CCCSC1. The topological polar surface area (TPSA) is 55.4 Å². The minimum Gasteiger partial charge on any atom is -0.444 e. The normalized spacial score (nSPS) is 25.9. The predicted molar refractivity (Wildman–Crippen MR) is 64.7 cm³/mol. The molecule has 0 aromatic rings. The van der Waals surface area contributed by atoms with Crippen molar-refractivity contribution in [3.8, 4) is 0 Å². The standard InChI is InChI=1S/C11H19NO3S/c1-10(2,3)15-9(14)12-11(7-13)5-4-6-16-8-11/h7H,4-6,8H2,1-3H3,(H,12,14). The quantitative estimate of drug-likeness (QED) is 0.756. The van der Waals surface area contributed by atoms with Crippen molar-refractivity contribution in [2.75, 3.05) is 11.5 Å². The molecule has 0 aliphatic carbocycles. The molecule has 1 rings (SSSR count). The lowest BCUT2D eigenvalue weighted by molar-refractivity contribution is -0.113. The highest BCUT2D eigenvalue weighted by Crippen LogP contribution is 2.25. The van der Waals surface area contributed by atoms with Crippen molar-refractivity contribution in [1.29, 1.82) is 0 Å². The molecule has 1 amide bonds. The molecule has 92 valence electrons. The zero-order chi connectivity index (χ0) is 12.2. The Bertz CT molecular complexity index is 267. The van der Waals surface area contributed by atoms with Crippen LogP contribution in [-0.4, -0.2) is 35.0 Å². The third kappa shape index (κ3) is 4.04. The van der Waals surface area contributed by atoms with Crippen LogP contribution in [0.25, 0.3) is 0 Å². The van der Waals surface area contributed by atoms with Gasteiger partial charge in [0.2, 0.25) is 0 Å². The molecule has 1 atom stereocenters. The first-order chi connectivity index (χ1) is 7.37. The molecule has 1 unspecified atom stereocenters. The predicted octanol–water partition coefficient (Wildman–Crippen LogP) is 1.98. The number of carbonyl (C=O) groups excluding carboxylic acids is 2. The van der Waals surface area contributed by atoms with Gasteiger partial charge in [-0.25, -0.2) is 4.79 Å². The minimum absolute atomic E-state index is 0.512. The fraction of sp³-hybridized carbons (Fsp3) is 0.818. The molecule has 0 aromatic heterocycles. The Balaban J connectivity index is 2.56. The van der Waals surface area contributed by atoms with Crippen molar-refractivity contribution in [1.82, 2.24) is 5.32 Å². The summed E-state index contributed by atoms with van der Waals surface area (Å²) in [5.41, 5.74) is -1.26. The molecule has 1 aliphatic heterocycles. The summed E-state index contributed by atoms with van der Waals surface area (Å²) in [6.07, 6.45) is 1.97. The molecular weight excluding hydrogens is 226 g/mol. The maximum atomic E-state index is 11.6. The van der Waals surface area contributed by atoms with Crippen molar-refractivity contribution in [2.45, 2.75) is 44.8 Å². The summed E-state index contributed by atoms with van der Waals surface area (Å²) in [6.45, 7) is 5.40. The van der Waals surface area contributed by atoms with Crippen molar-refractivity contribution in [2.24, 2.45) is 0 Å². The lowest BCUT2D eigenvalue weighted by atomic mass is 9.98. The molecule has 1 N–H and O–H groups in total. The first kappa shape index (κ1) is 13.4. The van der Waals surface area contributed by atoms with Gasteiger partial charge >= 0.3 is 6.09 Å². The van der Waals surface area contributed by atoms with Gasteiger partial charge in [-0.15, -0.1) is 0 Å². The molecule has 1 saturated heterocycles. The number of thioether (sulfide) groups is 1. The van der Waals surface area contributed by atoms with Gasteiger partial charge in [0.15, 0.2) is 0 Å². The Morgan fingerprint density at radius 2 is 2.19 bits per heavy atom. The van der Waals surface area contributed by atoms with Crippen LogP contribution in [0.2, 0.25) is 0 Å². The zero-order valence-electron chi connectivity index (χ0n) is 10.0. The van der Waals surface area contributed by atoms with Crippen LogP contribution in [0.15, 0.2) is 0 Å². The second-order valence-electron chi connectivity index (χ2n) is 5.06. The van der Waals surface area contributed by atoms with Crippen molar-refractivity contribution >= 4 is 24.1 Å². The number of hydrogen-bond donors (Lipinski definition) is 1. The molecule has 16 heavy (non-hydrogen) atoms. The van der Waals surface area contributed by atoms with E-state index in [4.69, 9.17) is 4.74 Å². The maximum absolute atomic E-state index is 11.6. The molecule has 1 heterocycles. The Kier molecular flexibility index (Phi) is 4.24. The molecule has 1 fully saturated rings. The van der Waals surface area contributed by atoms with E-state index in [1.807, 2.05) is 0 Å². The summed E-state index contributed by atoms with van der Waals surface area (Å²) in [5.74, 6) is 1.68. The number of nitrogens with one attached hydrogen (secondary N) is 1. The number of alkyl carbamates (subject to hydrolysis) is 1. The van der Waals surface area contributed by atoms with Crippen LogP contribution < -0.4 is 5.32 Å². The van der Waals surface area contributed by atoms with Crippen LogP contribution in [-0.2, 0) is 9.53 Å². The number of ether oxygens (including phenoxy) is 1. The molecule has 5 heteroatoms. The highest BCUT2D eigenvalue weighted by molar-refractivity contribution is 7.99. The van der Waals surface area contributed by atoms with Crippen LogP contribution >= 0.6 is 11.8 Å². The summed E-state index contributed by atoms with van der Waals surface area (Å²) < 4.78 is 5.15. The first-order valence-corrected chi connectivity index (χ1v) is 6.58. The maximum Gasteiger partial charge on any atom is 0.408 e. The molecule has 4 nitrogen and oxygen atoms in total. The lowest BCUT2D eigenvalue weighted by Gasteiger charge is -2.33. The number of aldehydes is 1. The van der Waals surface area contributed by atoms with Crippen molar-refractivity contribution in [3.63, 3.8) is 0 Å². The van der Waals surface area contributed by atoms with E-state index in [-0.39, 0.29) is 0 Å². The summed E-state index contributed by atoms with van der Waals surface area (Å²) in [7, 11) is 0.